The van der Waals surface area contributed by atoms with Crippen LogP contribution in [0.2, 0.25) is 0 Å². The van der Waals surface area contributed by atoms with Gasteiger partial charge in [0, 0.05) is 13.1 Å². The second kappa shape index (κ2) is 5.80. The van der Waals surface area contributed by atoms with Crippen LogP contribution in [0.15, 0.2) is 24.3 Å². The summed E-state index contributed by atoms with van der Waals surface area (Å²) in [5.41, 5.74) is 0.574. The lowest BCUT2D eigenvalue weighted by Gasteiger charge is -2.33. The Balaban J connectivity index is 1.40. The number of carbonyl (C=O) groups excluding carboxylic acids is 1. The number of carbonyl (C=O) groups is 2. The number of rotatable bonds is 5. The lowest BCUT2D eigenvalue weighted by Crippen LogP contribution is -2.40. The number of aliphatic carboxylic acids is 1. The normalized spacial score (nSPS) is 24.7. The number of nitrogens with zero attached hydrogens (tertiary/aromatic N) is 1. The summed E-state index contributed by atoms with van der Waals surface area (Å²) in [4.78, 5) is 25.9. The Kier molecular flexibility index (Phi) is 3.74. The first-order valence-corrected chi connectivity index (χ1v) is 8.83. The average Bonchev–Trinajstić information content (AvgIpc) is 3.50. The molecule has 24 heavy (non-hydrogen) atoms. The van der Waals surface area contributed by atoms with Gasteiger partial charge in [-0.15, -0.1) is 0 Å². The summed E-state index contributed by atoms with van der Waals surface area (Å²) >= 11 is 0. The molecule has 0 aromatic heterocycles. The van der Waals surface area contributed by atoms with Gasteiger partial charge < -0.3 is 14.7 Å². The van der Waals surface area contributed by atoms with E-state index < -0.39 is 5.97 Å². The number of ether oxygens (including phenoxy) is 1. The van der Waals surface area contributed by atoms with Crippen LogP contribution in [0.4, 0.5) is 0 Å². The monoisotopic (exact) mass is 329 g/mol. The van der Waals surface area contributed by atoms with Crippen molar-refractivity contribution >= 4 is 11.9 Å². The largest absolute Gasteiger partial charge is 0.492 e. The number of piperidine rings is 1. The van der Waals surface area contributed by atoms with E-state index in [9.17, 15) is 14.7 Å². The van der Waals surface area contributed by atoms with Crippen molar-refractivity contribution in [2.75, 3.05) is 19.7 Å². The molecule has 3 aliphatic rings. The Morgan fingerprint density at radius 2 is 1.92 bits per heavy atom. The third-order valence-corrected chi connectivity index (χ3v) is 5.82. The van der Waals surface area contributed by atoms with E-state index in [1.807, 2.05) is 29.2 Å². The number of hydrogen-bond donors (Lipinski definition) is 1. The fraction of sp³-hybridized carbons (Fsp3) is 0.579. The quantitative estimate of drug-likeness (QED) is 0.902. The maximum absolute atomic E-state index is 12.9. The van der Waals surface area contributed by atoms with Crippen LogP contribution in [0.5, 0.6) is 5.75 Å². The van der Waals surface area contributed by atoms with Gasteiger partial charge in [-0.1, -0.05) is 12.1 Å². The molecule has 3 fully saturated rings. The van der Waals surface area contributed by atoms with E-state index in [-0.39, 0.29) is 17.2 Å². The molecule has 1 N–H and O–H groups in total. The van der Waals surface area contributed by atoms with Crippen LogP contribution in [0, 0.1) is 17.3 Å². The highest BCUT2D eigenvalue weighted by molar-refractivity contribution is 5.97. The molecule has 1 spiro atoms. The van der Waals surface area contributed by atoms with Crippen LogP contribution in [0.25, 0.3) is 0 Å². The van der Waals surface area contributed by atoms with Crippen LogP contribution >= 0.6 is 0 Å². The molecular weight excluding hydrogens is 306 g/mol. The van der Waals surface area contributed by atoms with E-state index in [4.69, 9.17) is 4.74 Å². The van der Waals surface area contributed by atoms with Crippen molar-refractivity contribution < 1.29 is 19.4 Å². The summed E-state index contributed by atoms with van der Waals surface area (Å²) < 4.78 is 5.85. The molecule has 1 saturated heterocycles. The molecule has 1 amide bonds. The molecule has 4 rings (SSSR count). The number of para-hydroxylation sites is 1. The highest BCUT2D eigenvalue weighted by Gasteiger charge is 2.59. The topological polar surface area (TPSA) is 66.8 Å². The molecule has 1 aromatic carbocycles. The minimum Gasteiger partial charge on any atom is -0.492 e. The van der Waals surface area contributed by atoms with Crippen LogP contribution in [-0.2, 0) is 4.79 Å². The van der Waals surface area contributed by atoms with Gasteiger partial charge in [-0.3, -0.25) is 9.59 Å². The molecule has 1 atom stereocenters. The maximum Gasteiger partial charge on any atom is 0.307 e. The lowest BCUT2D eigenvalue weighted by atomic mass is 9.90. The van der Waals surface area contributed by atoms with E-state index in [0.29, 0.717) is 36.9 Å². The number of hydrogen-bond acceptors (Lipinski definition) is 3. The van der Waals surface area contributed by atoms with E-state index in [1.165, 1.54) is 12.8 Å². The smallest absolute Gasteiger partial charge is 0.307 e. The highest BCUT2D eigenvalue weighted by Crippen LogP contribution is 2.59. The van der Waals surface area contributed by atoms with Gasteiger partial charge in [0.15, 0.2) is 0 Å². The van der Waals surface area contributed by atoms with Gasteiger partial charge in [0.05, 0.1) is 18.1 Å². The molecule has 2 saturated carbocycles. The third kappa shape index (κ3) is 2.87. The van der Waals surface area contributed by atoms with E-state index in [0.717, 1.165) is 19.3 Å². The molecule has 5 heteroatoms. The second-order valence-corrected chi connectivity index (χ2v) is 7.50. The first kappa shape index (κ1) is 15.5. The highest BCUT2D eigenvalue weighted by atomic mass is 16.5. The van der Waals surface area contributed by atoms with Crippen molar-refractivity contribution in [3.05, 3.63) is 29.8 Å². The van der Waals surface area contributed by atoms with Crippen molar-refractivity contribution in [1.29, 1.82) is 0 Å². The lowest BCUT2D eigenvalue weighted by molar-refractivity contribution is -0.139. The molecule has 1 aliphatic heterocycles. The number of carboxylic acids is 1. The SMILES string of the molecule is O=C(O)C1CC12CCN(C(=O)c1ccccc1OCC1CC1)CC2. The molecule has 128 valence electrons. The molecule has 5 nitrogen and oxygen atoms in total. The Morgan fingerprint density at radius 1 is 1.21 bits per heavy atom. The Bertz CT molecular complexity index is 659. The molecule has 1 aromatic rings. The van der Waals surface area contributed by atoms with Crippen molar-refractivity contribution in [1.82, 2.24) is 4.90 Å². The molecule has 0 bridgehead atoms. The minimum atomic E-state index is -0.686. The summed E-state index contributed by atoms with van der Waals surface area (Å²) in [7, 11) is 0. The predicted octanol–water partition coefficient (Wildman–Crippen LogP) is 2.80. The standard InChI is InChI=1S/C19H23NO4/c21-17(14-3-1-2-4-16(14)24-12-13-5-6-13)20-9-7-19(8-10-20)11-15(19)18(22)23/h1-4,13,15H,5-12H2,(H,22,23). The summed E-state index contributed by atoms with van der Waals surface area (Å²) in [6.45, 7) is 1.97. The molecule has 1 heterocycles. The zero-order valence-corrected chi connectivity index (χ0v) is 13.7. The number of benzene rings is 1. The number of amides is 1. The zero-order chi connectivity index (χ0) is 16.7. The van der Waals surface area contributed by atoms with Crippen LogP contribution in [0.1, 0.15) is 42.5 Å². The Labute approximate surface area is 141 Å². The van der Waals surface area contributed by atoms with Gasteiger partial charge in [0.25, 0.3) is 5.91 Å². The van der Waals surface area contributed by atoms with E-state index in [1.54, 1.807) is 0 Å². The molecule has 1 unspecified atom stereocenters. The van der Waals surface area contributed by atoms with Gasteiger partial charge in [-0.25, -0.2) is 0 Å². The number of carboxylic acid groups (broad SMARTS) is 1. The third-order valence-electron chi connectivity index (χ3n) is 5.82. The van der Waals surface area contributed by atoms with Crippen LogP contribution in [-0.4, -0.2) is 41.6 Å². The Hall–Kier alpha value is -2.04. The zero-order valence-electron chi connectivity index (χ0n) is 13.7. The van der Waals surface area contributed by atoms with Gasteiger partial charge in [0.2, 0.25) is 0 Å². The van der Waals surface area contributed by atoms with Gasteiger partial charge >= 0.3 is 5.97 Å². The maximum atomic E-state index is 12.9. The summed E-state index contributed by atoms with van der Waals surface area (Å²) in [5, 5.41) is 9.17. The van der Waals surface area contributed by atoms with E-state index >= 15 is 0 Å². The molecule has 0 radical (unpaired) electrons. The van der Waals surface area contributed by atoms with Crippen molar-refractivity contribution in [2.24, 2.45) is 17.3 Å². The first-order valence-electron chi connectivity index (χ1n) is 8.83. The second-order valence-electron chi connectivity index (χ2n) is 7.50. The first-order chi connectivity index (χ1) is 11.6. The summed E-state index contributed by atoms with van der Waals surface area (Å²) in [6.07, 6.45) is 4.79. The fourth-order valence-electron chi connectivity index (χ4n) is 3.84. The molecule has 2 aliphatic carbocycles. The van der Waals surface area contributed by atoms with Crippen molar-refractivity contribution in [2.45, 2.75) is 32.1 Å². The van der Waals surface area contributed by atoms with Crippen molar-refractivity contribution in [3.63, 3.8) is 0 Å². The minimum absolute atomic E-state index is 0.00349. The number of likely N-dealkylation sites (tertiary alicyclic amines) is 1. The molecular formula is C19H23NO4. The van der Waals surface area contributed by atoms with Crippen molar-refractivity contribution in [3.8, 4) is 5.75 Å². The van der Waals surface area contributed by atoms with E-state index in [2.05, 4.69) is 0 Å². The van der Waals surface area contributed by atoms with Gasteiger partial charge in [-0.05, 0) is 55.6 Å². The Morgan fingerprint density at radius 3 is 2.54 bits per heavy atom. The average molecular weight is 329 g/mol. The van der Waals surface area contributed by atoms with Gasteiger partial charge in [-0.2, -0.15) is 0 Å². The van der Waals surface area contributed by atoms with Crippen LogP contribution < -0.4 is 4.74 Å². The fourth-order valence-corrected chi connectivity index (χ4v) is 3.84. The van der Waals surface area contributed by atoms with Gasteiger partial charge in [0.1, 0.15) is 5.75 Å². The predicted molar refractivity (Wildman–Crippen MR) is 88.0 cm³/mol. The van der Waals surface area contributed by atoms with Crippen LogP contribution in [0.3, 0.4) is 0 Å². The summed E-state index contributed by atoms with van der Waals surface area (Å²) in [5.74, 6) is 0.427. The summed E-state index contributed by atoms with van der Waals surface area (Å²) in [6, 6.07) is 7.45.